The molecule has 0 aliphatic heterocycles. The van der Waals surface area contributed by atoms with Gasteiger partial charge in [0.2, 0.25) is 0 Å². The van der Waals surface area contributed by atoms with Gasteiger partial charge < -0.3 is 9.47 Å². The van der Waals surface area contributed by atoms with Crippen molar-refractivity contribution in [2.45, 2.75) is 6.11 Å². The van der Waals surface area contributed by atoms with Gasteiger partial charge in [-0.25, -0.2) is 8.78 Å². The average Bonchev–Trinajstić information content (AvgIpc) is 2.57. The monoisotopic (exact) mass is 370 g/mol. The lowest BCUT2D eigenvalue weighted by molar-refractivity contribution is -0.187. The fourth-order valence-corrected chi connectivity index (χ4v) is 2.53. The molecule has 0 N–H and O–H groups in total. The molecular formula is C18H11ClF4O2. The molecule has 0 saturated heterocycles. The van der Waals surface area contributed by atoms with Crippen molar-refractivity contribution in [2.75, 3.05) is 7.11 Å². The summed E-state index contributed by atoms with van der Waals surface area (Å²) in [5.41, 5.74) is -0.935. The number of halogens is 5. The van der Waals surface area contributed by atoms with Crippen LogP contribution in [0, 0.1) is 11.6 Å². The predicted molar refractivity (Wildman–Crippen MR) is 86.4 cm³/mol. The molecule has 0 spiro atoms. The standard InChI is InChI=1S/C18H11ClF4O2/c1-24-11-4-6-14(16(20)9-11)18(22,23)25-12-3-5-13-10(8-12)2-7-15(19)17(13)21/h2-9H,1H3. The zero-order valence-electron chi connectivity index (χ0n) is 12.8. The summed E-state index contributed by atoms with van der Waals surface area (Å²) in [5, 5.41) is 0.413. The Bertz CT molecular complexity index is 944. The van der Waals surface area contributed by atoms with E-state index >= 15 is 0 Å². The SMILES string of the molecule is COc1ccc(C(F)(F)Oc2ccc3c(F)c(Cl)ccc3c2)c(F)c1. The molecule has 7 heteroatoms. The van der Waals surface area contributed by atoms with Crippen molar-refractivity contribution in [2.24, 2.45) is 0 Å². The molecule has 0 aliphatic rings. The second kappa shape index (κ2) is 6.44. The lowest BCUT2D eigenvalue weighted by Crippen LogP contribution is -2.23. The lowest BCUT2D eigenvalue weighted by atomic mass is 10.1. The maximum Gasteiger partial charge on any atom is 0.429 e. The summed E-state index contributed by atoms with van der Waals surface area (Å²) in [6.07, 6.45) is -3.92. The highest BCUT2D eigenvalue weighted by Gasteiger charge is 2.37. The van der Waals surface area contributed by atoms with Gasteiger partial charge in [-0.3, -0.25) is 0 Å². The van der Waals surface area contributed by atoms with Crippen LogP contribution in [0.25, 0.3) is 10.8 Å². The van der Waals surface area contributed by atoms with Crippen molar-refractivity contribution in [3.8, 4) is 11.5 Å². The topological polar surface area (TPSA) is 18.5 Å². The highest BCUT2D eigenvalue weighted by atomic mass is 35.5. The second-order valence-corrected chi connectivity index (χ2v) is 5.62. The van der Waals surface area contributed by atoms with Crippen LogP contribution >= 0.6 is 11.6 Å². The van der Waals surface area contributed by atoms with Crippen LogP contribution in [0.2, 0.25) is 5.02 Å². The summed E-state index contributed by atoms with van der Waals surface area (Å²) in [7, 11) is 1.30. The Balaban J connectivity index is 1.95. The number of ether oxygens (including phenoxy) is 2. The van der Waals surface area contributed by atoms with E-state index in [0.29, 0.717) is 5.39 Å². The fourth-order valence-electron chi connectivity index (χ4n) is 2.37. The molecule has 3 rings (SSSR count). The minimum absolute atomic E-state index is 0.0770. The number of hydrogen-bond acceptors (Lipinski definition) is 2. The minimum atomic E-state index is -3.92. The summed E-state index contributed by atoms with van der Waals surface area (Å²) in [5.74, 6) is -1.95. The van der Waals surface area contributed by atoms with Crippen LogP contribution < -0.4 is 9.47 Å². The normalized spacial score (nSPS) is 11.6. The molecule has 3 aromatic carbocycles. The van der Waals surface area contributed by atoms with Crippen LogP contribution in [0.4, 0.5) is 17.6 Å². The van der Waals surface area contributed by atoms with Crippen LogP contribution in [0.15, 0.2) is 48.5 Å². The van der Waals surface area contributed by atoms with E-state index in [0.717, 1.165) is 18.2 Å². The molecule has 0 radical (unpaired) electrons. The first kappa shape index (κ1) is 17.4. The molecule has 0 aliphatic carbocycles. The Hall–Kier alpha value is -2.47. The maximum absolute atomic E-state index is 14.3. The van der Waals surface area contributed by atoms with Gasteiger partial charge in [0.05, 0.1) is 12.1 Å². The molecule has 0 saturated carbocycles. The predicted octanol–water partition coefficient (Wildman–Crippen LogP) is 5.91. The molecule has 0 bridgehead atoms. The third kappa shape index (κ3) is 3.35. The molecule has 0 atom stereocenters. The molecule has 0 heterocycles. The van der Waals surface area contributed by atoms with Crippen LogP contribution in [0.3, 0.4) is 0 Å². The van der Waals surface area contributed by atoms with Crippen LogP contribution in [0.1, 0.15) is 5.56 Å². The van der Waals surface area contributed by atoms with Crippen molar-refractivity contribution >= 4 is 22.4 Å². The smallest absolute Gasteiger partial charge is 0.429 e. The molecule has 130 valence electrons. The average molecular weight is 371 g/mol. The summed E-state index contributed by atoms with van der Waals surface area (Å²) in [6, 6.07) is 9.37. The third-order valence-corrected chi connectivity index (χ3v) is 3.91. The Morgan fingerprint density at radius 1 is 0.920 bits per heavy atom. The van der Waals surface area contributed by atoms with Crippen LogP contribution in [0.5, 0.6) is 11.5 Å². The lowest BCUT2D eigenvalue weighted by Gasteiger charge is -2.19. The highest BCUT2D eigenvalue weighted by Crippen LogP contribution is 2.36. The number of benzene rings is 3. The Kier molecular flexibility index (Phi) is 4.47. The van der Waals surface area contributed by atoms with Gasteiger partial charge in [-0.2, -0.15) is 8.78 Å². The minimum Gasteiger partial charge on any atom is -0.497 e. The first-order valence-electron chi connectivity index (χ1n) is 7.10. The summed E-state index contributed by atoms with van der Waals surface area (Å²) >= 11 is 5.68. The molecule has 2 nitrogen and oxygen atoms in total. The summed E-state index contributed by atoms with van der Waals surface area (Å²) < 4.78 is 65.8. The zero-order chi connectivity index (χ0) is 18.2. The van der Waals surface area contributed by atoms with Gasteiger partial charge in [0.25, 0.3) is 0 Å². The van der Waals surface area contributed by atoms with Gasteiger partial charge >= 0.3 is 6.11 Å². The number of rotatable bonds is 4. The molecule has 0 unspecified atom stereocenters. The number of hydrogen-bond donors (Lipinski definition) is 0. The quantitative estimate of drug-likeness (QED) is 0.532. The molecule has 0 amide bonds. The Morgan fingerprint density at radius 3 is 2.32 bits per heavy atom. The Morgan fingerprint density at radius 2 is 1.64 bits per heavy atom. The van der Waals surface area contributed by atoms with E-state index in [9.17, 15) is 17.6 Å². The van der Waals surface area contributed by atoms with E-state index in [1.54, 1.807) is 0 Å². The van der Waals surface area contributed by atoms with Gasteiger partial charge in [0.15, 0.2) is 0 Å². The van der Waals surface area contributed by atoms with Gasteiger partial charge in [-0.05, 0) is 41.8 Å². The van der Waals surface area contributed by atoms with E-state index in [1.807, 2.05) is 0 Å². The van der Waals surface area contributed by atoms with E-state index < -0.39 is 23.3 Å². The second-order valence-electron chi connectivity index (χ2n) is 5.21. The van der Waals surface area contributed by atoms with Crippen molar-refractivity contribution in [1.82, 2.24) is 0 Å². The van der Waals surface area contributed by atoms with Gasteiger partial charge in [-0.1, -0.05) is 17.7 Å². The molecule has 3 aromatic rings. The largest absolute Gasteiger partial charge is 0.497 e. The van der Waals surface area contributed by atoms with E-state index in [2.05, 4.69) is 4.74 Å². The van der Waals surface area contributed by atoms with E-state index in [1.165, 1.54) is 37.4 Å². The first-order valence-corrected chi connectivity index (χ1v) is 7.48. The van der Waals surface area contributed by atoms with Gasteiger partial charge in [-0.15, -0.1) is 0 Å². The van der Waals surface area contributed by atoms with Crippen molar-refractivity contribution in [3.63, 3.8) is 0 Å². The number of fused-ring (bicyclic) bond motifs is 1. The number of methoxy groups -OCH3 is 1. The van der Waals surface area contributed by atoms with Crippen molar-refractivity contribution in [1.29, 1.82) is 0 Å². The zero-order valence-corrected chi connectivity index (χ0v) is 13.6. The van der Waals surface area contributed by atoms with Crippen molar-refractivity contribution in [3.05, 3.63) is 70.8 Å². The van der Waals surface area contributed by atoms with Crippen LogP contribution in [-0.2, 0) is 6.11 Å². The summed E-state index contributed by atoms with van der Waals surface area (Å²) in [6.45, 7) is 0. The fraction of sp³-hybridized carbons (Fsp3) is 0.111. The molecular weight excluding hydrogens is 360 g/mol. The molecule has 0 aromatic heterocycles. The Labute approximate surface area is 145 Å². The highest BCUT2D eigenvalue weighted by molar-refractivity contribution is 6.31. The summed E-state index contributed by atoms with van der Waals surface area (Å²) in [4.78, 5) is 0. The van der Waals surface area contributed by atoms with Gasteiger partial charge in [0.1, 0.15) is 28.7 Å². The maximum atomic E-state index is 14.3. The third-order valence-electron chi connectivity index (χ3n) is 3.61. The molecule has 25 heavy (non-hydrogen) atoms. The van der Waals surface area contributed by atoms with E-state index in [4.69, 9.17) is 16.3 Å². The number of alkyl halides is 2. The van der Waals surface area contributed by atoms with Crippen LogP contribution in [-0.4, -0.2) is 7.11 Å². The first-order chi connectivity index (χ1) is 11.8. The van der Waals surface area contributed by atoms with Gasteiger partial charge in [0, 0.05) is 11.5 Å². The van der Waals surface area contributed by atoms with E-state index in [-0.39, 0.29) is 21.9 Å². The van der Waals surface area contributed by atoms with Crippen molar-refractivity contribution < 1.29 is 27.0 Å². The molecule has 0 fully saturated rings.